The molecule has 5 heteroatoms. The van der Waals surface area contributed by atoms with Crippen molar-refractivity contribution in [2.75, 3.05) is 20.1 Å². The van der Waals surface area contributed by atoms with Crippen molar-refractivity contribution in [1.29, 1.82) is 0 Å². The van der Waals surface area contributed by atoms with Gasteiger partial charge in [-0.15, -0.1) is 0 Å². The highest BCUT2D eigenvalue weighted by Crippen LogP contribution is 2.27. The van der Waals surface area contributed by atoms with Crippen molar-refractivity contribution in [3.8, 4) is 0 Å². The Morgan fingerprint density at radius 3 is 2.50 bits per heavy atom. The lowest BCUT2D eigenvalue weighted by Crippen LogP contribution is -2.54. The van der Waals surface area contributed by atoms with Crippen molar-refractivity contribution in [3.05, 3.63) is 0 Å². The van der Waals surface area contributed by atoms with Gasteiger partial charge < -0.3 is 14.9 Å². The van der Waals surface area contributed by atoms with Crippen LogP contribution in [0, 0.1) is 11.8 Å². The fourth-order valence-corrected chi connectivity index (χ4v) is 3.48. The molecule has 0 aromatic heterocycles. The Labute approximate surface area is 120 Å². The zero-order valence-corrected chi connectivity index (χ0v) is 12.5. The highest BCUT2D eigenvalue weighted by atomic mass is 16.4. The number of nitrogens with zero attached hydrogens (tertiary/aromatic N) is 2. The first kappa shape index (κ1) is 15.1. The summed E-state index contributed by atoms with van der Waals surface area (Å²) in [5.74, 6) is 0.0930. The number of carbonyl (C=O) groups excluding carboxylic acids is 1. The smallest absolute Gasteiger partial charge is 0.326 e. The van der Waals surface area contributed by atoms with Gasteiger partial charge in [-0.05, 0) is 37.5 Å². The van der Waals surface area contributed by atoms with Gasteiger partial charge in [0.1, 0.15) is 6.04 Å². The van der Waals surface area contributed by atoms with Crippen molar-refractivity contribution in [1.82, 2.24) is 9.80 Å². The zero-order chi connectivity index (χ0) is 14.7. The molecule has 0 aromatic carbocycles. The SMILES string of the molecule is CC1CCN(C(=O)N(C)CC2CCCC2)C(C(=O)O)C1. The van der Waals surface area contributed by atoms with Crippen LogP contribution in [0.25, 0.3) is 0 Å². The van der Waals surface area contributed by atoms with E-state index >= 15 is 0 Å². The summed E-state index contributed by atoms with van der Waals surface area (Å²) < 4.78 is 0. The summed E-state index contributed by atoms with van der Waals surface area (Å²) in [6.45, 7) is 3.38. The Balaban J connectivity index is 1.96. The zero-order valence-electron chi connectivity index (χ0n) is 12.5. The van der Waals surface area contributed by atoms with Gasteiger partial charge in [-0.3, -0.25) is 0 Å². The van der Waals surface area contributed by atoms with Crippen LogP contribution in [0.5, 0.6) is 0 Å². The maximum absolute atomic E-state index is 12.5. The van der Waals surface area contributed by atoms with Crippen LogP contribution in [0.2, 0.25) is 0 Å². The van der Waals surface area contributed by atoms with E-state index in [-0.39, 0.29) is 6.03 Å². The van der Waals surface area contributed by atoms with Gasteiger partial charge in [0.15, 0.2) is 0 Å². The maximum Gasteiger partial charge on any atom is 0.326 e. The third-order valence-corrected chi connectivity index (χ3v) is 4.73. The molecule has 2 aliphatic rings. The number of likely N-dealkylation sites (tertiary alicyclic amines) is 1. The number of amides is 2. The predicted molar refractivity (Wildman–Crippen MR) is 76.5 cm³/mol. The second-order valence-electron chi connectivity index (χ2n) is 6.49. The van der Waals surface area contributed by atoms with E-state index in [0.717, 1.165) is 13.0 Å². The van der Waals surface area contributed by atoms with Crippen LogP contribution >= 0.6 is 0 Å². The number of carboxylic acids is 1. The molecule has 0 radical (unpaired) electrons. The van der Waals surface area contributed by atoms with Crippen molar-refractivity contribution in [3.63, 3.8) is 0 Å². The van der Waals surface area contributed by atoms with Crippen LogP contribution in [-0.4, -0.2) is 53.1 Å². The van der Waals surface area contributed by atoms with E-state index in [0.29, 0.717) is 24.8 Å². The summed E-state index contributed by atoms with van der Waals surface area (Å²) in [4.78, 5) is 27.1. The third kappa shape index (κ3) is 3.44. The van der Waals surface area contributed by atoms with Gasteiger partial charge in [-0.2, -0.15) is 0 Å². The first-order valence-corrected chi connectivity index (χ1v) is 7.73. The lowest BCUT2D eigenvalue weighted by molar-refractivity contribution is -0.144. The minimum absolute atomic E-state index is 0.115. The summed E-state index contributed by atoms with van der Waals surface area (Å²) in [5, 5.41) is 9.33. The lowest BCUT2D eigenvalue weighted by Gasteiger charge is -2.38. The first-order chi connectivity index (χ1) is 9.49. The van der Waals surface area contributed by atoms with Crippen LogP contribution in [0.15, 0.2) is 0 Å². The lowest BCUT2D eigenvalue weighted by atomic mass is 9.92. The van der Waals surface area contributed by atoms with Crippen LogP contribution in [0.3, 0.4) is 0 Å². The van der Waals surface area contributed by atoms with E-state index in [1.807, 2.05) is 0 Å². The van der Waals surface area contributed by atoms with Gasteiger partial charge in [0.05, 0.1) is 0 Å². The number of rotatable bonds is 3. The monoisotopic (exact) mass is 282 g/mol. The summed E-state index contributed by atoms with van der Waals surface area (Å²) in [7, 11) is 1.80. The molecule has 1 aliphatic heterocycles. The van der Waals surface area contributed by atoms with E-state index in [1.165, 1.54) is 25.7 Å². The summed E-state index contributed by atoms with van der Waals surface area (Å²) in [5.41, 5.74) is 0. The van der Waals surface area contributed by atoms with Crippen molar-refractivity contribution in [2.24, 2.45) is 11.8 Å². The van der Waals surface area contributed by atoms with Crippen LogP contribution in [0.1, 0.15) is 45.4 Å². The molecule has 1 saturated carbocycles. The maximum atomic E-state index is 12.5. The molecule has 5 nitrogen and oxygen atoms in total. The summed E-state index contributed by atoms with van der Waals surface area (Å²) in [6, 6.07) is -0.770. The molecule has 0 aromatic rings. The highest BCUT2D eigenvalue weighted by Gasteiger charge is 2.36. The topological polar surface area (TPSA) is 60.9 Å². The van der Waals surface area contributed by atoms with Crippen molar-refractivity contribution < 1.29 is 14.7 Å². The Bertz CT molecular complexity index is 366. The molecule has 0 bridgehead atoms. The van der Waals surface area contributed by atoms with Crippen molar-refractivity contribution in [2.45, 2.75) is 51.5 Å². The van der Waals surface area contributed by atoms with E-state index in [9.17, 15) is 14.7 Å². The molecule has 114 valence electrons. The second-order valence-corrected chi connectivity index (χ2v) is 6.49. The van der Waals surface area contributed by atoms with E-state index in [4.69, 9.17) is 0 Å². The molecule has 1 heterocycles. The number of hydrogen-bond acceptors (Lipinski definition) is 2. The fraction of sp³-hybridized carbons (Fsp3) is 0.867. The molecule has 2 unspecified atom stereocenters. The largest absolute Gasteiger partial charge is 0.480 e. The molecule has 1 saturated heterocycles. The highest BCUT2D eigenvalue weighted by molar-refractivity contribution is 5.82. The Morgan fingerprint density at radius 1 is 1.25 bits per heavy atom. The molecular formula is C15H26N2O3. The molecule has 2 amide bonds. The van der Waals surface area contributed by atoms with Gasteiger partial charge in [-0.25, -0.2) is 9.59 Å². The average Bonchev–Trinajstić information content (AvgIpc) is 2.90. The standard InChI is InChI=1S/C15H26N2O3/c1-11-7-8-17(13(9-11)14(18)19)15(20)16(2)10-12-5-3-4-6-12/h11-13H,3-10H2,1-2H3,(H,18,19). The molecule has 2 atom stereocenters. The Kier molecular flexibility index (Phi) is 4.89. The fourth-order valence-electron chi connectivity index (χ4n) is 3.48. The number of hydrogen-bond donors (Lipinski definition) is 1. The normalized spacial score (nSPS) is 27.6. The number of aliphatic carboxylic acids is 1. The van der Waals surface area contributed by atoms with E-state index < -0.39 is 12.0 Å². The molecule has 0 spiro atoms. The molecule has 20 heavy (non-hydrogen) atoms. The van der Waals surface area contributed by atoms with Gasteiger partial charge in [0.25, 0.3) is 0 Å². The average molecular weight is 282 g/mol. The third-order valence-electron chi connectivity index (χ3n) is 4.73. The minimum atomic E-state index is -0.876. The van der Waals surface area contributed by atoms with Crippen molar-refractivity contribution >= 4 is 12.0 Å². The quantitative estimate of drug-likeness (QED) is 0.864. The number of piperidine rings is 1. The van der Waals surface area contributed by atoms with Crippen LogP contribution in [0.4, 0.5) is 4.79 Å². The van der Waals surface area contributed by atoms with Gasteiger partial charge in [-0.1, -0.05) is 19.8 Å². The Morgan fingerprint density at radius 2 is 1.90 bits per heavy atom. The molecular weight excluding hydrogens is 256 g/mol. The van der Waals surface area contributed by atoms with Crippen LogP contribution in [-0.2, 0) is 4.79 Å². The molecule has 2 fully saturated rings. The summed E-state index contributed by atoms with van der Waals surface area (Å²) >= 11 is 0. The van der Waals surface area contributed by atoms with E-state index in [2.05, 4.69) is 6.92 Å². The number of urea groups is 1. The van der Waals surface area contributed by atoms with Crippen LogP contribution < -0.4 is 0 Å². The molecule has 1 N–H and O–H groups in total. The van der Waals surface area contributed by atoms with Gasteiger partial charge in [0, 0.05) is 20.1 Å². The number of carboxylic acid groups (broad SMARTS) is 1. The van der Waals surface area contributed by atoms with Gasteiger partial charge in [0.2, 0.25) is 0 Å². The molecule has 1 aliphatic carbocycles. The van der Waals surface area contributed by atoms with Gasteiger partial charge >= 0.3 is 12.0 Å². The molecule has 2 rings (SSSR count). The second kappa shape index (κ2) is 6.46. The Hall–Kier alpha value is -1.26. The summed E-state index contributed by atoms with van der Waals surface area (Å²) in [6.07, 6.45) is 6.36. The minimum Gasteiger partial charge on any atom is -0.480 e. The number of carbonyl (C=O) groups is 2. The first-order valence-electron chi connectivity index (χ1n) is 7.73. The van der Waals surface area contributed by atoms with E-state index in [1.54, 1.807) is 16.8 Å². The predicted octanol–water partition coefficient (Wildman–Crippen LogP) is 2.41.